The maximum atomic E-state index is 13.6. The third-order valence-corrected chi connectivity index (χ3v) is 7.36. The predicted molar refractivity (Wildman–Crippen MR) is 121 cm³/mol. The molecule has 5 nitrogen and oxygen atoms in total. The summed E-state index contributed by atoms with van der Waals surface area (Å²) >= 11 is 0. The Bertz CT molecular complexity index is 1350. The second-order valence-electron chi connectivity index (χ2n) is 8.79. The number of benzene rings is 3. The Kier molecular flexibility index (Phi) is 3.46. The second kappa shape index (κ2) is 6.26. The van der Waals surface area contributed by atoms with Gasteiger partial charge in [-0.05, 0) is 28.3 Å². The van der Waals surface area contributed by atoms with Gasteiger partial charge in [0.05, 0.1) is 18.1 Å². The first-order valence-corrected chi connectivity index (χ1v) is 10.9. The molecule has 0 radical (unpaired) electrons. The molecule has 0 saturated carbocycles. The number of hydrazone groups is 1. The number of amides is 2. The van der Waals surface area contributed by atoms with E-state index in [4.69, 9.17) is 0 Å². The van der Waals surface area contributed by atoms with Gasteiger partial charge in [-0.1, -0.05) is 66.7 Å². The van der Waals surface area contributed by atoms with Gasteiger partial charge in [-0.3, -0.25) is 9.59 Å². The number of nitrogens with one attached hydrogen (secondary N) is 1. The van der Waals surface area contributed by atoms with Crippen molar-refractivity contribution in [3.63, 3.8) is 0 Å². The molecule has 3 aromatic carbocycles. The molecule has 5 heteroatoms. The van der Waals surface area contributed by atoms with Gasteiger partial charge >= 0.3 is 0 Å². The molecule has 0 spiro atoms. The molecular weight excluding hydrogens is 398 g/mol. The lowest BCUT2D eigenvalue weighted by atomic mass is 9.55. The van der Waals surface area contributed by atoms with Crippen molar-refractivity contribution >= 4 is 28.9 Å². The van der Waals surface area contributed by atoms with Crippen molar-refractivity contribution < 1.29 is 9.59 Å². The maximum Gasteiger partial charge on any atom is 0.254 e. The maximum absolute atomic E-state index is 13.6. The van der Waals surface area contributed by atoms with E-state index in [1.807, 2.05) is 54.7 Å². The van der Waals surface area contributed by atoms with E-state index in [2.05, 4.69) is 34.4 Å². The van der Waals surface area contributed by atoms with Crippen LogP contribution in [0, 0.1) is 11.8 Å². The SMILES string of the molecule is O=C1[C@@H]2C3c4ccccc4C(c4ccccc43)[C@@H]2C(=O)N1/N=C\c1c[nH]c2ccccc12. The van der Waals surface area contributed by atoms with Crippen molar-refractivity contribution in [2.75, 3.05) is 0 Å². The van der Waals surface area contributed by atoms with E-state index in [9.17, 15) is 9.59 Å². The van der Waals surface area contributed by atoms with E-state index in [1.54, 1.807) is 6.21 Å². The first-order chi connectivity index (χ1) is 15.7. The van der Waals surface area contributed by atoms with E-state index in [1.165, 1.54) is 22.3 Å². The Morgan fingerprint density at radius 1 is 0.719 bits per heavy atom. The van der Waals surface area contributed by atoms with Gasteiger partial charge < -0.3 is 4.98 Å². The Balaban J connectivity index is 1.33. The summed E-state index contributed by atoms with van der Waals surface area (Å²) in [6.07, 6.45) is 3.47. The fourth-order valence-corrected chi connectivity index (χ4v) is 6.10. The third kappa shape index (κ3) is 2.15. The molecule has 32 heavy (non-hydrogen) atoms. The van der Waals surface area contributed by atoms with E-state index >= 15 is 0 Å². The zero-order valence-electron chi connectivity index (χ0n) is 17.1. The van der Waals surface area contributed by atoms with Crippen molar-refractivity contribution in [2.24, 2.45) is 16.9 Å². The number of aromatic amines is 1. The highest BCUT2D eigenvalue weighted by atomic mass is 16.2. The number of hydrogen-bond donors (Lipinski definition) is 1. The highest BCUT2D eigenvalue weighted by Gasteiger charge is 2.61. The highest BCUT2D eigenvalue weighted by molar-refractivity contribution is 6.08. The number of aromatic nitrogens is 1. The van der Waals surface area contributed by atoms with Gasteiger partial charge in [0.15, 0.2) is 0 Å². The van der Waals surface area contributed by atoms with E-state index in [-0.39, 0.29) is 23.7 Å². The lowest BCUT2D eigenvalue weighted by molar-refractivity contribution is -0.139. The summed E-state index contributed by atoms with van der Waals surface area (Å²) in [5.74, 6) is -1.43. The normalized spacial score (nSPS) is 25.4. The fourth-order valence-electron chi connectivity index (χ4n) is 6.10. The molecule has 154 valence electrons. The molecule has 3 aliphatic carbocycles. The molecule has 2 atom stereocenters. The van der Waals surface area contributed by atoms with Gasteiger partial charge in [0.1, 0.15) is 0 Å². The van der Waals surface area contributed by atoms with Crippen LogP contribution in [0.5, 0.6) is 0 Å². The van der Waals surface area contributed by atoms with Crippen molar-refractivity contribution in [1.29, 1.82) is 0 Å². The predicted octanol–water partition coefficient (Wildman–Crippen LogP) is 4.39. The largest absolute Gasteiger partial charge is 0.361 e. The standard InChI is InChI=1S/C27H19N3O2/c31-26-24-22-17-8-1-2-9-18(17)23(20-11-4-3-10-19(20)22)25(24)27(32)30(26)29-14-15-13-28-21-12-6-5-7-16(15)21/h1-14,22-25,28H/b29-14-/t22?,23?,24-,25+. The molecule has 1 saturated heterocycles. The Morgan fingerprint density at radius 3 is 1.78 bits per heavy atom. The van der Waals surface area contributed by atoms with Crippen molar-refractivity contribution in [3.8, 4) is 0 Å². The van der Waals surface area contributed by atoms with Gasteiger partial charge in [0.25, 0.3) is 11.8 Å². The molecular formula is C27H19N3O2. The van der Waals surface area contributed by atoms with Crippen LogP contribution < -0.4 is 0 Å². The van der Waals surface area contributed by atoms with Gasteiger partial charge in [0, 0.05) is 34.5 Å². The Hall–Kier alpha value is -3.99. The lowest BCUT2D eigenvalue weighted by Gasteiger charge is -2.45. The monoisotopic (exact) mass is 417 g/mol. The molecule has 1 aliphatic heterocycles. The summed E-state index contributed by atoms with van der Waals surface area (Å²) in [6.45, 7) is 0. The van der Waals surface area contributed by atoms with Crippen LogP contribution in [0.15, 0.2) is 84.1 Å². The molecule has 2 amide bonds. The van der Waals surface area contributed by atoms with Gasteiger partial charge in [-0.25, -0.2) is 0 Å². The number of hydrogen-bond acceptors (Lipinski definition) is 3. The van der Waals surface area contributed by atoms with Crippen LogP contribution >= 0.6 is 0 Å². The molecule has 0 unspecified atom stereocenters. The fraction of sp³-hybridized carbons (Fsp3) is 0.148. The van der Waals surface area contributed by atoms with E-state index in [0.717, 1.165) is 21.5 Å². The van der Waals surface area contributed by atoms with Gasteiger partial charge in [-0.15, -0.1) is 0 Å². The molecule has 4 aliphatic rings. The summed E-state index contributed by atoms with van der Waals surface area (Å²) in [5.41, 5.74) is 6.51. The first kappa shape index (κ1) is 17.7. The van der Waals surface area contributed by atoms with Gasteiger partial charge in [0.2, 0.25) is 0 Å². The van der Waals surface area contributed by atoms with Crippen LogP contribution in [0.25, 0.3) is 10.9 Å². The summed E-state index contributed by atoms with van der Waals surface area (Å²) in [6, 6.07) is 24.4. The number of rotatable bonds is 2. The van der Waals surface area contributed by atoms with Crippen LogP contribution in [-0.2, 0) is 9.59 Å². The number of carbonyl (C=O) groups excluding carboxylic acids is 2. The zero-order chi connectivity index (χ0) is 21.4. The quantitative estimate of drug-likeness (QED) is 0.388. The highest BCUT2D eigenvalue weighted by Crippen LogP contribution is 2.60. The summed E-state index contributed by atoms with van der Waals surface area (Å²) in [5, 5.41) is 6.54. The average molecular weight is 417 g/mol. The minimum atomic E-state index is -0.405. The van der Waals surface area contributed by atoms with Crippen molar-refractivity contribution in [3.05, 3.63) is 107 Å². The van der Waals surface area contributed by atoms with Gasteiger partial charge in [-0.2, -0.15) is 10.1 Å². The van der Waals surface area contributed by atoms with Crippen LogP contribution in [0.3, 0.4) is 0 Å². The molecule has 1 N–H and O–H groups in total. The van der Waals surface area contributed by atoms with Crippen LogP contribution in [0.2, 0.25) is 0 Å². The lowest BCUT2D eigenvalue weighted by Crippen LogP contribution is -2.41. The topological polar surface area (TPSA) is 65.5 Å². The third-order valence-electron chi connectivity index (χ3n) is 7.36. The number of fused-ring (bicyclic) bond motifs is 1. The zero-order valence-corrected chi connectivity index (χ0v) is 17.1. The summed E-state index contributed by atoms with van der Waals surface area (Å²) in [4.78, 5) is 30.3. The first-order valence-electron chi connectivity index (χ1n) is 10.9. The minimum absolute atomic E-state index is 0.109. The number of imide groups is 1. The summed E-state index contributed by atoms with van der Waals surface area (Å²) < 4.78 is 0. The molecule has 1 aromatic heterocycles. The molecule has 1 fully saturated rings. The average Bonchev–Trinajstić information content (AvgIpc) is 3.36. The number of H-pyrrole nitrogens is 1. The smallest absolute Gasteiger partial charge is 0.254 e. The van der Waals surface area contributed by atoms with Crippen molar-refractivity contribution in [2.45, 2.75) is 11.8 Å². The molecule has 4 aromatic rings. The van der Waals surface area contributed by atoms with E-state index < -0.39 is 11.8 Å². The van der Waals surface area contributed by atoms with Crippen LogP contribution in [0.4, 0.5) is 0 Å². The summed E-state index contributed by atoms with van der Waals surface area (Å²) in [7, 11) is 0. The molecule has 2 bridgehead atoms. The number of carbonyl (C=O) groups is 2. The Morgan fingerprint density at radius 2 is 1.22 bits per heavy atom. The minimum Gasteiger partial charge on any atom is -0.361 e. The van der Waals surface area contributed by atoms with E-state index in [0.29, 0.717) is 0 Å². The number of nitrogens with zero attached hydrogens (tertiary/aromatic N) is 2. The number of para-hydroxylation sites is 1. The van der Waals surface area contributed by atoms with Crippen molar-refractivity contribution in [1.82, 2.24) is 9.99 Å². The second-order valence-corrected chi connectivity index (χ2v) is 8.79. The Labute approximate surface area is 184 Å². The van der Waals surface area contributed by atoms with Crippen LogP contribution in [-0.4, -0.2) is 28.0 Å². The molecule has 2 heterocycles. The van der Waals surface area contributed by atoms with Crippen LogP contribution in [0.1, 0.15) is 39.7 Å². The molecule has 8 rings (SSSR count).